The van der Waals surface area contributed by atoms with E-state index >= 15 is 0 Å². The largest absolute Gasteiger partial charge is 0.353 e. The molecular formula is C19H30ClN3O3S. The van der Waals surface area contributed by atoms with Gasteiger partial charge in [0.2, 0.25) is 15.9 Å². The predicted molar refractivity (Wildman–Crippen MR) is 109 cm³/mol. The van der Waals surface area contributed by atoms with E-state index in [1.165, 1.54) is 11.1 Å². The monoisotopic (exact) mass is 415 g/mol. The van der Waals surface area contributed by atoms with Gasteiger partial charge >= 0.3 is 0 Å². The average Bonchev–Trinajstić information content (AvgIpc) is 2.61. The third-order valence-electron chi connectivity index (χ3n) is 5.40. The number of carbonyl (C=O) groups is 1. The first kappa shape index (κ1) is 22.1. The molecule has 1 aromatic carbocycles. The first-order chi connectivity index (χ1) is 12.4. The van der Waals surface area contributed by atoms with Crippen LogP contribution in [0.1, 0.15) is 49.8 Å². The van der Waals surface area contributed by atoms with Gasteiger partial charge in [-0.1, -0.05) is 31.2 Å². The second-order valence-electron chi connectivity index (χ2n) is 7.59. The Morgan fingerprint density at radius 3 is 2.63 bits per heavy atom. The van der Waals surface area contributed by atoms with Crippen LogP contribution in [0.15, 0.2) is 24.3 Å². The lowest BCUT2D eigenvalue weighted by Gasteiger charge is -2.27. The van der Waals surface area contributed by atoms with E-state index < -0.39 is 21.7 Å². The van der Waals surface area contributed by atoms with E-state index in [9.17, 15) is 13.2 Å². The van der Waals surface area contributed by atoms with Crippen molar-refractivity contribution < 1.29 is 13.2 Å². The molecule has 1 aliphatic heterocycles. The van der Waals surface area contributed by atoms with Gasteiger partial charge in [-0.25, -0.2) is 13.1 Å². The second-order valence-corrected chi connectivity index (χ2v) is 9.35. The maximum Gasteiger partial charge on any atom is 0.236 e. The minimum Gasteiger partial charge on any atom is -0.353 e. The number of benzene rings is 1. The minimum absolute atomic E-state index is 0. The molecule has 3 rings (SSSR count). The number of amides is 1. The maximum atomic E-state index is 12.3. The lowest BCUT2D eigenvalue weighted by Crippen LogP contribution is -2.44. The molecule has 0 saturated heterocycles. The molecule has 1 atom stereocenters. The molecule has 1 saturated carbocycles. The van der Waals surface area contributed by atoms with Gasteiger partial charge in [0.15, 0.2) is 0 Å². The molecule has 27 heavy (non-hydrogen) atoms. The van der Waals surface area contributed by atoms with Gasteiger partial charge in [-0.15, -0.1) is 12.4 Å². The smallest absolute Gasteiger partial charge is 0.236 e. The lowest BCUT2D eigenvalue weighted by molar-refractivity contribution is -0.118. The van der Waals surface area contributed by atoms with Crippen LogP contribution in [0.25, 0.3) is 0 Å². The molecule has 8 heteroatoms. The SMILES string of the molecule is CC1CCC(NS(=O)(=O)CC(=O)NCC2NCCc3ccccc32)CC1.Cl. The van der Waals surface area contributed by atoms with E-state index in [0.717, 1.165) is 38.6 Å². The van der Waals surface area contributed by atoms with Crippen molar-refractivity contribution in [3.63, 3.8) is 0 Å². The zero-order valence-electron chi connectivity index (χ0n) is 15.7. The number of halogens is 1. The fourth-order valence-electron chi connectivity index (χ4n) is 3.89. The summed E-state index contributed by atoms with van der Waals surface area (Å²) in [5, 5.41) is 6.16. The number of hydrogen-bond donors (Lipinski definition) is 3. The Hall–Kier alpha value is -1.15. The Balaban J connectivity index is 0.00000261. The number of nitrogens with one attached hydrogen (secondary N) is 3. The summed E-state index contributed by atoms with van der Waals surface area (Å²) in [6, 6.07) is 8.16. The molecule has 0 aromatic heterocycles. The van der Waals surface area contributed by atoms with E-state index in [1.54, 1.807) is 0 Å². The molecule has 1 aliphatic carbocycles. The molecule has 0 spiro atoms. The van der Waals surface area contributed by atoms with Gasteiger partial charge < -0.3 is 10.6 Å². The Bertz CT molecular complexity index is 733. The highest BCUT2D eigenvalue weighted by Crippen LogP contribution is 2.24. The molecule has 152 valence electrons. The molecule has 1 unspecified atom stereocenters. The van der Waals surface area contributed by atoms with Gasteiger partial charge in [0.05, 0.1) is 0 Å². The van der Waals surface area contributed by atoms with Gasteiger partial charge in [-0.05, 0) is 55.7 Å². The van der Waals surface area contributed by atoms with Gasteiger partial charge in [0, 0.05) is 18.6 Å². The zero-order chi connectivity index (χ0) is 18.6. The van der Waals surface area contributed by atoms with Crippen molar-refractivity contribution in [3.05, 3.63) is 35.4 Å². The van der Waals surface area contributed by atoms with E-state index in [0.29, 0.717) is 12.5 Å². The summed E-state index contributed by atoms with van der Waals surface area (Å²) in [4.78, 5) is 12.1. The minimum atomic E-state index is -3.59. The predicted octanol–water partition coefficient (Wildman–Crippen LogP) is 1.91. The summed E-state index contributed by atoms with van der Waals surface area (Å²) >= 11 is 0. The van der Waals surface area contributed by atoms with E-state index in [2.05, 4.69) is 34.4 Å². The molecule has 1 aromatic rings. The van der Waals surface area contributed by atoms with Crippen LogP contribution < -0.4 is 15.4 Å². The summed E-state index contributed by atoms with van der Waals surface area (Å²) in [5.74, 6) is -0.301. The van der Waals surface area contributed by atoms with Crippen LogP contribution in [0.4, 0.5) is 0 Å². The molecule has 3 N–H and O–H groups in total. The molecule has 1 fully saturated rings. The van der Waals surface area contributed by atoms with Gasteiger partial charge in [-0.3, -0.25) is 4.79 Å². The van der Waals surface area contributed by atoms with Crippen LogP contribution in [0, 0.1) is 5.92 Å². The molecular weight excluding hydrogens is 386 g/mol. The summed E-state index contributed by atoms with van der Waals surface area (Å²) in [6.45, 7) is 3.44. The van der Waals surface area contributed by atoms with Crippen molar-refractivity contribution >= 4 is 28.3 Å². The highest BCUT2D eigenvalue weighted by atomic mass is 35.5. The van der Waals surface area contributed by atoms with Crippen molar-refractivity contribution in [1.29, 1.82) is 0 Å². The quantitative estimate of drug-likeness (QED) is 0.662. The van der Waals surface area contributed by atoms with Crippen LogP contribution in [0.3, 0.4) is 0 Å². The number of rotatable bonds is 6. The van der Waals surface area contributed by atoms with Gasteiger partial charge in [-0.2, -0.15) is 0 Å². The number of fused-ring (bicyclic) bond motifs is 1. The summed E-state index contributed by atoms with van der Waals surface area (Å²) in [6.07, 6.45) is 4.74. The molecule has 2 aliphatic rings. The Morgan fingerprint density at radius 1 is 1.19 bits per heavy atom. The Morgan fingerprint density at radius 2 is 1.89 bits per heavy atom. The van der Waals surface area contributed by atoms with Crippen LogP contribution in [-0.4, -0.2) is 39.2 Å². The topological polar surface area (TPSA) is 87.3 Å². The summed E-state index contributed by atoms with van der Waals surface area (Å²) in [7, 11) is -3.59. The molecule has 0 bridgehead atoms. The summed E-state index contributed by atoms with van der Waals surface area (Å²) < 4.78 is 27.2. The number of carbonyl (C=O) groups excluding carboxylic acids is 1. The Labute approximate surface area is 168 Å². The standard InChI is InChI=1S/C19H29N3O3S.ClH/c1-14-6-8-16(9-7-14)22-26(24,25)13-19(23)21-12-18-17-5-3-2-4-15(17)10-11-20-18;/h2-5,14,16,18,20,22H,6-13H2,1H3,(H,21,23);1H. The maximum absolute atomic E-state index is 12.3. The zero-order valence-corrected chi connectivity index (χ0v) is 17.4. The third kappa shape index (κ3) is 6.45. The third-order valence-corrected chi connectivity index (χ3v) is 6.74. The fraction of sp³-hybridized carbons (Fsp3) is 0.632. The van der Waals surface area contributed by atoms with E-state index in [-0.39, 0.29) is 24.5 Å². The highest BCUT2D eigenvalue weighted by Gasteiger charge is 2.25. The highest BCUT2D eigenvalue weighted by molar-refractivity contribution is 7.90. The van der Waals surface area contributed by atoms with Crippen LogP contribution in [0.5, 0.6) is 0 Å². The van der Waals surface area contributed by atoms with Crippen molar-refractivity contribution in [1.82, 2.24) is 15.4 Å². The number of hydrogen-bond acceptors (Lipinski definition) is 4. The van der Waals surface area contributed by atoms with Gasteiger partial charge in [0.25, 0.3) is 0 Å². The van der Waals surface area contributed by atoms with Crippen LogP contribution >= 0.6 is 12.4 Å². The molecule has 1 amide bonds. The summed E-state index contributed by atoms with van der Waals surface area (Å²) in [5.41, 5.74) is 2.46. The second kappa shape index (κ2) is 9.87. The van der Waals surface area contributed by atoms with Crippen molar-refractivity contribution in [2.24, 2.45) is 5.92 Å². The first-order valence-electron chi connectivity index (χ1n) is 9.51. The normalized spacial score (nSPS) is 25.1. The first-order valence-corrected chi connectivity index (χ1v) is 11.2. The fourth-order valence-corrected chi connectivity index (χ4v) is 5.16. The van der Waals surface area contributed by atoms with Gasteiger partial charge in [0.1, 0.15) is 5.75 Å². The molecule has 1 heterocycles. The van der Waals surface area contributed by atoms with Crippen molar-refractivity contribution in [3.8, 4) is 0 Å². The van der Waals surface area contributed by atoms with Crippen molar-refractivity contribution in [2.45, 2.75) is 51.1 Å². The number of sulfonamides is 1. The van der Waals surface area contributed by atoms with Crippen LogP contribution in [-0.2, 0) is 21.2 Å². The Kier molecular flexibility index (Phi) is 8.09. The average molecular weight is 416 g/mol. The lowest BCUT2D eigenvalue weighted by atomic mass is 9.88. The van der Waals surface area contributed by atoms with Crippen LogP contribution in [0.2, 0.25) is 0 Å². The van der Waals surface area contributed by atoms with E-state index in [4.69, 9.17) is 0 Å². The molecule has 0 radical (unpaired) electrons. The van der Waals surface area contributed by atoms with E-state index in [1.807, 2.05) is 12.1 Å². The molecule has 6 nitrogen and oxygen atoms in total. The van der Waals surface area contributed by atoms with Crippen molar-refractivity contribution in [2.75, 3.05) is 18.8 Å².